The molecule has 0 bridgehead atoms. The van der Waals surface area contributed by atoms with Crippen molar-refractivity contribution in [2.75, 3.05) is 0 Å². The van der Waals surface area contributed by atoms with Gasteiger partial charge in [-0.15, -0.1) is 5.10 Å². The highest BCUT2D eigenvalue weighted by Crippen LogP contribution is 2.27. The summed E-state index contributed by atoms with van der Waals surface area (Å²) in [4.78, 5) is 11.4. The van der Waals surface area contributed by atoms with Crippen LogP contribution in [0.4, 0.5) is 0 Å². The Labute approximate surface area is 76.2 Å². The maximum absolute atomic E-state index is 11.4. The van der Waals surface area contributed by atoms with Crippen LogP contribution in [0.1, 0.15) is 35.9 Å². The van der Waals surface area contributed by atoms with Gasteiger partial charge in [0.05, 0.1) is 5.69 Å². The third kappa shape index (κ3) is 1.09. The summed E-state index contributed by atoms with van der Waals surface area (Å²) in [6.07, 6.45) is 1.26. The van der Waals surface area contributed by atoms with E-state index in [1.165, 1.54) is 0 Å². The lowest BCUT2D eigenvalue weighted by atomic mass is 9.95. The number of rotatable bonds is 1. The number of aromatic nitrogens is 3. The van der Waals surface area contributed by atoms with Crippen LogP contribution < -0.4 is 0 Å². The molecule has 4 nitrogen and oxygen atoms in total. The second kappa shape index (κ2) is 2.80. The Bertz CT molecular complexity index is 378. The number of ketones is 1. The Hall–Kier alpha value is -1.45. The summed E-state index contributed by atoms with van der Waals surface area (Å²) in [6, 6.07) is 0. The van der Waals surface area contributed by atoms with Gasteiger partial charge in [-0.25, -0.2) is 4.68 Å². The predicted molar refractivity (Wildman–Crippen MR) is 48.3 cm³/mol. The number of fused-ring (bicyclic) bond motifs is 1. The summed E-state index contributed by atoms with van der Waals surface area (Å²) in [5.74, 6) is 0.0853. The molecule has 0 saturated heterocycles. The lowest BCUT2D eigenvalue weighted by molar-refractivity contribution is 0.0975. The van der Waals surface area contributed by atoms with E-state index in [2.05, 4.69) is 16.9 Å². The monoisotopic (exact) mass is 177 g/mol. The first-order chi connectivity index (χ1) is 6.24. The quantitative estimate of drug-likeness (QED) is 0.649. The fraction of sp³-hybridized carbons (Fsp3) is 0.444. The second-order valence-electron chi connectivity index (χ2n) is 3.13. The number of carbonyl (C=O) groups is 1. The predicted octanol–water partition coefficient (Wildman–Crippen LogP) is 1.29. The molecular weight excluding hydrogens is 166 g/mol. The summed E-state index contributed by atoms with van der Waals surface area (Å²) >= 11 is 0. The van der Waals surface area contributed by atoms with Gasteiger partial charge in [-0.3, -0.25) is 4.79 Å². The smallest absolute Gasteiger partial charge is 0.185 e. The van der Waals surface area contributed by atoms with Crippen molar-refractivity contribution in [2.24, 2.45) is 0 Å². The van der Waals surface area contributed by atoms with Gasteiger partial charge in [0.25, 0.3) is 0 Å². The number of nitrogens with zero attached hydrogens (tertiary/aromatic N) is 3. The van der Waals surface area contributed by atoms with Crippen molar-refractivity contribution >= 4 is 11.4 Å². The van der Waals surface area contributed by atoms with Crippen LogP contribution in [0, 0.1) is 0 Å². The van der Waals surface area contributed by atoms with Gasteiger partial charge in [0.15, 0.2) is 11.5 Å². The minimum atomic E-state index is 0.0853. The number of allylic oxidation sites excluding steroid dienone is 1. The van der Waals surface area contributed by atoms with Gasteiger partial charge < -0.3 is 0 Å². The van der Waals surface area contributed by atoms with Crippen LogP contribution in [0.5, 0.6) is 0 Å². The van der Waals surface area contributed by atoms with Gasteiger partial charge in [-0.05, 0) is 18.9 Å². The molecule has 0 radical (unpaired) electrons. The Morgan fingerprint density at radius 1 is 1.54 bits per heavy atom. The number of carbonyl (C=O) groups excluding carboxylic acids is 1. The molecule has 1 aromatic rings. The molecule has 13 heavy (non-hydrogen) atoms. The molecule has 1 heterocycles. The molecule has 1 aliphatic carbocycles. The Morgan fingerprint density at radius 2 is 2.31 bits per heavy atom. The first-order valence-corrected chi connectivity index (χ1v) is 4.39. The van der Waals surface area contributed by atoms with E-state index in [-0.39, 0.29) is 5.78 Å². The Balaban J connectivity index is 2.59. The SMILES string of the molecule is C=C1CCC(=O)c2nnn(CC)c21. The van der Waals surface area contributed by atoms with Crippen molar-refractivity contribution in [3.63, 3.8) is 0 Å². The Morgan fingerprint density at radius 3 is 3.00 bits per heavy atom. The molecular formula is C9H11N3O. The van der Waals surface area contributed by atoms with Crippen LogP contribution in [-0.4, -0.2) is 20.8 Å². The molecule has 0 fully saturated rings. The molecule has 2 rings (SSSR count). The fourth-order valence-corrected chi connectivity index (χ4v) is 1.57. The summed E-state index contributed by atoms with van der Waals surface area (Å²) in [7, 11) is 0. The van der Waals surface area contributed by atoms with Crippen molar-refractivity contribution in [1.29, 1.82) is 0 Å². The van der Waals surface area contributed by atoms with E-state index in [0.717, 1.165) is 24.2 Å². The van der Waals surface area contributed by atoms with E-state index >= 15 is 0 Å². The van der Waals surface area contributed by atoms with Crippen LogP contribution in [0.25, 0.3) is 5.57 Å². The summed E-state index contributed by atoms with van der Waals surface area (Å²) in [5.41, 5.74) is 2.30. The molecule has 0 spiro atoms. The molecule has 0 N–H and O–H groups in total. The van der Waals surface area contributed by atoms with Crippen LogP contribution >= 0.6 is 0 Å². The molecule has 0 saturated carbocycles. The molecule has 68 valence electrons. The highest BCUT2D eigenvalue weighted by molar-refractivity contribution is 6.01. The summed E-state index contributed by atoms with van der Waals surface area (Å²) < 4.78 is 1.73. The van der Waals surface area contributed by atoms with E-state index in [9.17, 15) is 4.79 Å². The molecule has 0 atom stereocenters. The Kier molecular flexibility index (Phi) is 1.76. The van der Waals surface area contributed by atoms with Gasteiger partial charge in [0.2, 0.25) is 0 Å². The maximum atomic E-state index is 11.4. The molecule has 0 aliphatic heterocycles. The zero-order valence-electron chi connectivity index (χ0n) is 7.58. The van der Waals surface area contributed by atoms with E-state index < -0.39 is 0 Å². The third-order valence-corrected chi connectivity index (χ3v) is 2.29. The first-order valence-electron chi connectivity index (χ1n) is 4.39. The van der Waals surface area contributed by atoms with E-state index in [1.807, 2.05) is 6.92 Å². The van der Waals surface area contributed by atoms with E-state index in [4.69, 9.17) is 0 Å². The van der Waals surface area contributed by atoms with Gasteiger partial charge in [0, 0.05) is 13.0 Å². The summed E-state index contributed by atoms with van der Waals surface area (Å²) in [6.45, 7) is 6.62. The van der Waals surface area contributed by atoms with Crippen LogP contribution in [0.3, 0.4) is 0 Å². The fourth-order valence-electron chi connectivity index (χ4n) is 1.57. The highest BCUT2D eigenvalue weighted by Gasteiger charge is 2.25. The average molecular weight is 177 g/mol. The van der Waals surface area contributed by atoms with Crippen molar-refractivity contribution in [1.82, 2.24) is 15.0 Å². The number of aryl methyl sites for hydroxylation is 1. The van der Waals surface area contributed by atoms with Gasteiger partial charge >= 0.3 is 0 Å². The first kappa shape index (κ1) is 8.16. The van der Waals surface area contributed by atoms with Crippen LogP contribution in [0.2, 0.25) is 0 Å². The number of hydrogen-bond acceptors (Lipinski definition) is 3. The van der Waals surface area contributed by atoms with Crippen molar-refractivity contribution in [2.45, 2.75) is 26.3 Å². The largest absolute Gasteiger partial charge is 0.292 e. The number of hydrogen-bond donors (Lipinski definition) is 0. The molecule has 1 aromatic heterocycles. The van der Waals surface area contributed by atoms with E-state index in [0.29, 0.717) is 12.1 Å². The minimum absolute atomic E-state index is 0.0853. The van der Waals surface area contributed by atoms with Crippen molar-refractivity contribution in [3.8, 4) is 0 Å². The summed E-state index contributed by atoms with van der Waals surface area (Å²) in [5, 5.41) is 7.76. The maximum Gasteiger partial charge on any atom is 0.185 e. The van der Waals surface area contributed by atoms with Crippen LogP contribution in [0.15, 0.2) is 6.58 Å². The molecule has 4 heteroatoms. The minimum Gasteiger partial charge on any atom is -0.292 e. The highest BCUT2D eigenvalue weighted by atomic mass is 16.1. The average Bonchev–Trinajstić information content (AvgIpc) is 2.56. The van der Waals surface area contributed by atoms with Crippen molar-refractivity contribution in [3.05, 3.63) is 18.0 Å². The van der Waals surface area contributed by atoms with Gasteiger partial charge in [-0.1, -0.05) is 11.8 Å². The molecule has 0 aromatic carbocycles. The van der Waals surface area contributed by atoms with Gasteiger partial charge in [0.1, 0.15) is 0 Å². The lowest BCUT2D eigenvalue weighted by Crippen LogP contribution is -2.12. The van der Waals surface area contributed by atoms with Gasteiger partial charge in [-0.2, -0.15) is 0 Å². The van der Waals surface area contributed by atoms with Crippen molar-refractivity contribution < 1.29 is 4.79 Å². The zero-order chi connectivity index (χ0) is 9.42. The standard InChI is InChI=1S/C9H11N3O/c1-3-12-9-6(2)4-5-7(13)8(9)10-11-12/h2-5H2,1H3. The zero-order valence-corrected chi connectivity index (χ0v) is 7.58. The molecule has 1 aliphatic rings. The molecule has 0 unspecified atom stereocenters. The molecule has 0 amide bonds. The van der Waals surface area contributed by atoms with E-state index in [1.54, 1.807) is 4.68 Å². The number of Topliss-reactive ketones (excluding diaryl/α,β-unsaturated/α-hetero) is 1. The topological polar surface area (TPSA) is 47.8 Å². The second-order valence-corrected chi connectivity index (χ2v) is 3.13. The normalized spacial score (nSPS) is 16.1. The van der Waals surface area contributed by atoms with Crippen LogP contribution in [-0.2, 0) is 6.54 Å². The third-order valence-electron chi connectivity index (χ3n) is 2.29. The lowest BCUT2D eigenvalue weighted by Gasteiger charge is -2.12.